The lowest BCUT2D eigenvalue weighted by Crippen LogP contribution is -2.27. The summed E-state index contributed by atoms with van der Waals surface area (Å²) in [5, 5.41) is 11.2. The molecule has 2 rings (SSSR count). The molecule has 0 unspecified atom stereocenters. The number of aromatic amines is 2. The van der Waals surface area contributed by atoms with Gasteiger partial charge in [0.05, 0.1) is 5.69 Å². The highest BCUT2D eigenvalue weighted by Crippen LogP contribution is 2.12. The van der Waals surface area contributed by atoms with Crippen LogP contribution in [0.4, 0.5) is 5.69 Å². The number of carbonyl (C=O) groups is 2. The number of carbonyl (C=O) groups excluding carboxylic acids is 1. The first kappa shape index (κ1) is 13.2. The molecule has 0 aliphatic heterocycles. The molecule has 0 spiro atoms. The Hall–Kier alpha value is -3.23. The van der Waals surface area contributed by atoms with Crippen molar-refractivity contribution in [2.75, 3.05) is 5.32 Å². The second-order valence-corrected chi connectivity index (χ2v) is 3.66. The first-order valence-electron chi connectivity index (χ1n) is 5.30. The van der Waals surface area contributed by atoms with E-state index >= 15 is 0 Å². The molecule has 2 aromatic rings. The summed E-state index contributed by atoms with van der Waals surface area (Å²) in [6.07, 6.45) is 1.26. The van der Waals surface area contributed by atoms with E-state index in [2.05, 4.69) is 15.3 Å². The summed E-state index contributed by atoms with van der Waals surface area (Å²) in [6.45, 7) is 0. The van der Waals surface area contributed by atoms with Crippen molar-refractivity contribution in [2.24, 2.45) is 0 Å². The molecule has 20 heavy (non-hydrogen) atoms. The molecule has 2 heterocycles. The molecular weight excluding hydrogens is 268 g/mol. The summed E-state index contributed by atoms with van der Waals surface area (Å²) in [5.41, 5.74) is -2.28. The summed E-state index contributed by atoms with van der Waals surface area (Å²) >= 11 is 0. The van der Waals surface area contributed by atoms with Gasteiger partial charge >= 0.3 is 11.7 Å². The van der Waals surface area contributed by atoms with Crippen LogP contribution in [0.25, 0.3) is 0 Å². The SMILES string of the molecule is O=C(Nc1cccnc1C(=O)O)c1cc(=O)[nH]c(=O)[nH]1. The molecule has 0 aromatic carbocycles. The van der Waals surface area contributed by atoms with Gasteiger partial charge in [0.1, 0.15) is 5.69 Å². The third-order valence-corrected chi connectivity index (χ3v) is 2.26. The fourth-order valence-corrected chi connectivity index (χ4v) is 1.46. The van der Waals surface area contributed by atoms with E-state index in [1.807, 2.05) is 4.98 Å². The van der Waals surface area contributed by atoms with E-state index in [4.69, 9.17) is 5.11 Å². The molecule has 0 bridgehead atoms. The van der Waals surface area contributed by atoms with E-state index < -0.39 is 23.1 Å². The topological polar surface area (TPSA) is 145 Å². The largest absolute Gasteiger partial charge is 0.476 e. The number of nitrogens with zero attached hydrogens (tertiary/aromatic N) is 1. The molecule has 1 amide bonds. The molecule has 0 radical (unpaired) electrons. The molecule has 9 heteroatoms. The highest BCUT2D eigenvalue weighted by Gasteiger charge is 2.15. The number of H-pyrrole nitrogens is 2. The number of aromatic nitrogens is 3. The number of hydrogen-bond donors (Lipinski definition) is 4. The lowest BCUT2D eigenvalue weighted by molar-refractivity contribution is 0.0691. The summed E-state index contributed by atoms with van der Waals surface area (Å²) in [4.78, 5) is 52.5. The Labute approximate surface area is 110 Å². The predicted octanol–water partition coefficient (Wildman–Crippen LogP) is -0.591. The Morgan fingerprint density at radius 1 is 1.25 bits per heavy atom. The van der Waals surface area contributed by atoms with E-state index in [0.717, 1.165) is 6.07 Å². The fourth-order valence-electron chi connectivity index (χ4n) is 1.46. The zero-order valence-corrected chi connectivity index (χ0v) is 9.84. The van der Waals surface area contributed by atoms with Gasteiger partial charge in [-0.15, -0.1) is 0 Å². The van der Waals surface area contributed by atoms with E-state index in [0.29, 0.717) is 0 Å². The van der Waals surface area contributed by atoms with Crippen molar-refractivity contribution in [3.63, 3.8) is 0 Å². The number of pyridine rings is 1. The third-order valence-electron chi connectivity index (χ3n) is 2.26. The van der Waals surface area contributed by atoms with Crippen LogP contribution < -0.4 is 16.6 Å². The van der Waals surface area contributed by atoms with Crippen LogP contribution in [0.2, 0.25) is 0 Å². The molecule has 0 aliphatic rings. The Morgan fingerprint density at radius 2 is 2.00 bits per heavy atom. The Balaban J connectivity index is 2.35. The van der Waals surface area contributed by atoms with Crippen LogP contribution in [0, 0.1) is 0 Å². The number of amides is 1. The van der Waals surface area contributed by atoms with Crippen LogP contribution >= 0.6 is 0 Å². The second kappa shape index (κ2) is 5.18. The van der Waals surface area contributed by atoms with Gasteiger partial charge in [0.15, 0.2) is 5.69 Å². The van der Waals surface area contributed by atoms with Crippen molar-refractivity contribution in [3.05, 3.63) is 56.6 Å². The number of hydrogen-bond acceptors (Lipinski definition) is 5. The van der Waals surface area contributed by atoms with E-state index in [1.54, 1.807) is 0 Å². The minimum Gasteiger partial charge on any atom is -0.476 e. The number of nitrogens with one attached hydrogen (secondary N) is 3. The van der Waals surface area contributed by atoms with Gasteiger partial charge in [-0.3, -0.25) is 14.6 Å². The molecule has 0 aliphatic carbocycles. The average molecular weight is 276 g/mol. The van der Waals surface area contributed by atoms with Crippen LogP contribution in [-0.4, -0.2) is 31.9 Å². The minimum atomic E-state index is -1.32. The molecule has 4 N–H and O–H groups in total. The van der Waals surface area contributed by atoms with Gasteiger partial charge in [-0.05, 0) is 12.1 Å². The van der Waals surface area contributed by atoms with Crippen molar-refractivity contribution in [2.45, 2.75) is 0 Å². The standard InChI is InChI=1S/C11H8N4O5/c16-7-4-6(14-11(20)15-7)9(17)13-5-2-1-3-12-8(5)10(18)19/h1-4H,(H,13,17)(H,18,19)(H2,14,15,16,20). The van der Waals surface area contributed by atoms with E-state index in [1.165, 1.54) is 18.3 Å². The monoisotopic (exact) mass is 276 g/mol. The predicted molar refractivity (Wildman–Crippen MR) is 66.8 cm³/mol. The molecule has 9 nitrogen and oxygen atoms in total. The maximum absolute atomic E-state index is 11.8. The molecular formula is C11H8N4O5. The number of carboxylic acid groups (broad SMARTS) is 1. The van der Waals surface area contributed by atoms with Crippen LogP contribution in [-0.2, 0) is 0 Å². The molecule has 0 saturated heterocycles. The number of carboxylic acids is 1. The number of anilines is 1. The zero-order valence-electron chi connectivity index (χ0n) is 9.84. The normalized spacial score (nSPS) is 10.0. The summed E-state index contributed by atoms with van der Waals surface area (Å²) in [6, 6.07) is 3.65. The van der Waals surface area contributed by atoms with Crippen LogP contribution in [0.15, 0.2) is 34.0 Å². The van der Waals surface area contributed by atoms with Crippen molar-refractivity contribution in [1.82, 2.24) is 15.0 Å². The van der Waals surface area contributed by atoms with Gasteiger partial charge in [-0.1, -0.05) is 0 Å². The Morgan fingerprint density at radius 3 is 2.65 bits per heavy atom. The van der Waals surface area contributed by atoms with Gasteiger partial charge in [0.25, 0.3) is 11.5 Å². The maximum Gasteiger partial charge on any atom is 0.356 e. The highest BCUT2D eigenvalue weighted by molar-refractivity contribution is 6.05. The van der Waals surface area contributed by atoms with Crippen LogP contribution in [0.3, 0.4) is 0 Å². The van der Waals surface area contributed by atoms with Gasteiger partial charge in [0.2, 0.25) is 0 Å². The Kier molecular flexibility index (Phi) is 3.42. The number of rotatable bonds is 3. The molecule has 0 saturated carbocycles. The molecule has 0 fully saturated rings. The average Bonchev–Trinajstić information content (AvgIpc) is 2.37. The first-order chi connectivity index (χ1) is 9.47. The lowest BCUT2D eigenvalue weighted by atomic mass is 10.2. The van der Waals surface area contributed by atoms with Crippen molar-refractivity contribution in [1.29, 1.82) is 0 Å². The molecule has 2 aromatic heterocycles. The van der Waals surface area contributed by atoms with E-state index in [9.17, 15) is 19.2 Å². The van der Waals surface area contributed by atoms with Gasteiger partial charge < -0.3 is 15.4 Å². The summed E-state index contributed by atoms with van der Waals surface area (Å²) < 4.78 is 0. The van der Waals surface area contributed by atoms with E-state index in [-0.39, 0.29) is 17.1 Å². The highest BCUT2D eigenvalue weighted by atomic mass is 16.4. The second-order valence-electron chi connectivity index (χ2n) is 3.66. The van der Waals surface area contributed by atoms with Crippen LogP contribution in [0.5, 0.6) is 0 Å². The van der Waals surface area contributed by atoms with Gasteiger partial charge in [-0.25, -0.2) is 14.6 Å². The first-order valence-corrected chi connectivity index (χ1v) is 5.30. The minimum absolute atomic E-state index is 0.0499. The Bertz CT molecular complexity index is 763. The maximum atomic E-state index is 11.8. The van der Waals surface area contributed by atoms with Crippen molar-refractivity contribution >= 4 is 17.6 Å². The quantitative estimate of drug-likeness (QED) is 0.589. The molecule has 102 valence electrons. The smallest absolute Gasteiger partial charge is 0.356 e. The lowest BCUT2D eigenvalue weighted by Gasteiger charge is -2.06. The third kappa shape index (κ3) is 2.77. The van der Waals surface area contributed by atoms with Crippen LogP contribution in [0.1, 0.15) is 21.0 Å². The fraction of sp³-hybridized carbons (Fsp3) is 0. The zero-order chi connectivity index (χ0) is 14.7. The molecule has 0 atom stereocenters. The summed E-state index contributed by atoms with van der Waals surface area (Å²) in [5.74, 6) is -2.15. The van der Waals surface area contributed by atoms with Gasteiger partial charge in [0, 0.05) is 12.3 Å². The summed E-state index contributed by atoms with van der Waals surface area (Å²) in [7, 11) is 0. The number of aromatic carboxylic acids is 1. The van der Waals surface area contributed by atoms with Gasteiger partial charge in [-0.2, -0.15) is 0 Å². The van der Waals surface area contributed by atoms with Crippen molar-refractivity contribution < 1.29 is 14.7 Å². The van der Waals surface area contributed by atoms with Crippen molar-refractivity contribution in [3.8, 4) is 0 Å².